The molecule has 1 aliphatic carbocycles. The number of carboxylic acids is 1. The average molecular weight is 383 g/mol. The van der Waals surface area contributed by atoms with Gasteiger partial charge in [-0.25, -0.2) is 0 Å². The number of nitrogens with zero attached hydrogens (tertiary/aromatic N) is 1. The molecule has 8 heteroatoms. The van der Waals surface area contributed by atoms with E-state index < -0.39 is 22.2 Å². The van der Waals surface area contributed by atoms with Gasteiger partial charge in [-0.3, -0.25) is 19.7 Å². The first-order valence-corrected chi connectivity index (χ1v) is 8.89. The van der Waals surface area contributed by atoms with E-state index in [9.17, 15) is 24.8 Å². The molecule has 0 saturated heterocycles. The van der Waals surface area contributed by atoms with Gasteiger partial charge >= 0.3 is 5.97 Å². The van der Waals surface area contributed by atoms with Crippen molar-refractivity contribution in [2.45, 2.75) is 38.1 Å². The van der Waals surface area contributed by atoms with Crippen LogP contribution in [0.2, 0.25) is 0 Å². The van der Waals surface area contributed by atoms with Crippen LogP contribution in [0.15, 0.2) is 42.5 Å². The molecule has 0 radical (unpaired) electrons. The number of aliphatic carboxylic acids is 1. The molecule has 146 valence electrons. The molecule has 0 unspecified atom stereocenters. The number of amides is 1. The predicted molar refractivity (Wildman–Crippen MR) is 105 cm³/mol. The van der Waals surface area contributed by atoms with E-state index in [4.69, 9.17) is 0 Å². The van der Waals surface area contributed by atoms with Crippen LogP contribution < -0.4 is 10.6 Å². The van der Waals surface area contributed by atoms with E-state index in [1.54, 1.807) is 44.2 Å². The summed E-state index contributed by atoms with van der Waals surface area (Å²) in [6.45, 7) is 3.19. The fourth-order valence-corrected chi connectivity index (χ4v) is 2.69. The molecule has 1 saturated carbocycles. The molecule has 1 amide bonds. The molecular formula is C20H21N3O5. The van der Waals surface area contributed by atoms with Gasteiger partial charge in [-0.1, -0.05) is 12.1 Å². The van der Waals surface area contributed by atoms with Crippen LogP contribution in [0.25, 0.3) is 0 Å². The number of hydrogen-bond donors (Lipinski definition) is 3. The third-order valence-electron chi connectivity index (χ3n) is 4.79. The van der Waals surface area contributed by atoms with Crippen molar-refractivity contribution in [2.24, 2.45) is 0 Å². The number of carbonyl (C=O) groups is 2. The second-order valence-electron chi connectivity index (χ2n) is 7.37. The highest BCUT2D eigenvalue weighted by Gasteiger charge is 2.29. The maximum absolute atomic E-state index is 12.5. The van der Waals surface area contributed by atoms with E-state index in [-0.39, 0.29) is 17.3 Å². The van der Waals surface area contributed by atoms with E-state index in [0.29, 0.717) is 16.9 Å². The molecule has 0 aliphatic heterocycles. The Morgan fingerprint density at radius 2 is 1.79 bits per heavy atom. The fraction of sp³-hybridized carbons (Fsp3) is 0.300. The second-order valence-corrected chi connectivity index (χ2v) is 7.37. The molecule has 1 fully saturated rings. The normalized spacial score (nSPS) is 13.6. The molecule has 3 rings (SSSR count). The van der Waals surface area contributed by atoms with E-state index in [0.717, 1.165) is 12.8 Å². The van der Waals surface area contributed by atoms with Crippen LogP contribution in [0, 0.1) is 10.1 Å². The first-order valence-electron chi connectivity index (χ1n) is 8.89. The van der Waals surface area contributed by atoms with Crippen LogP contribution in [-0.4, -0.2) is 27.9 Å². The van der Waals surface area contributed by atoms with Gasteiger partial charge in [-0.05, 0) is 56.5 Å². The van der Waals surface area contributed by atoms with Crippen molar-refractivity contribution in [2.75, 3.05) is 10.6 Å². The van der Waals surface area contributed by atoms with Crippen LogP contribution in [0.3, 0.4) is 0 Å². The summed E-state index contributed by atoms with van der Waals surface area (Å²) in [5.41, 5.74) is 0.459. The minimum absolute atomic E-state index is 0.141. The Kier molecular flexibility index (Phi) is 5.04. The SMILES string of the molecule is CC(C)(C(=O)O)c1ccc(NC(=O)c2ccc(NC3CC3)c([N+](=O)[O-])c2)cc1. The van der Waals surface area contributed by atoms with Crippen molar-refractivity contribution in [3.05, 3.63) is 63.7 Å². The van der Waals surface area contributed by atoms with E-state index in [1.165, 1.54) is 12.1 Å². The van der Waals surface area contributed by atoms with E-state index >= 15 is 0 Å². The summed E-state index contributed by atoms with van der Waals surface area (Å²) in [5, 5.41) is 26.4. The number of carbonyl (C=O) groups excluding carboxylic acids is 1. The zero-order valence-corrected chi connectivity index (χ0v) is 15.6. The molecule has 0 spiro atoms. The monoisotopic (exact) mass is 383 g/mol. The first-order chi connectivity index (χ1) is 13.2. The van der Waals surface area contributed by atoms with Crippen LogP contribution >= 0.6 is 0 Å². The molecule has 2 aromatic carbocycles. The van der Waals surface area contributed by atoms with Crippen molar-refractivity contribution in [3.63, 3.8) is 0 Å². The Morgan fingerprint density at radius 1 is 1.14 bits per heavy atom. The second kappa shape index (κ2) is 7.30. The summed E-state index contributed by atoms with van der Waals surface area (Å²) in [4.78, 5) is 34.6. The molecule has 0 aromatic heterocycles. The van der Waals surface area contributed by atoms with Gasteiger partial charge in [0.25, 0.3) is 11.6 Å². The van der Waals surface area contributed by atoms with Crippen molar-refractivity contribution >= 4 is 28.9 Å². The van der Waals surface area contributed by atoms with Crippen molar-refractivity contribution in [3.8, 4) is 0 Å². The largest absolute Gasteiger partial charge is 0.481 e. The van der Waals surface area contributed by atoms with Gasteiger partial charge in [0.2, 0.25) is 0 Å². The van der Waals surface area contributed by atoms with Gasteiger partial charge in [0.1, 0.15) is 5.69 Å². The molecule has 2 aromatic rings. The molecule has 0 bridgehead atoms. The quantitative estimate of drug-likeness (QED) is 0.494. The highest BCUT2D eigenvalue weighted by molar-refractivity contribution is 6.05. The lowest BCUT2D eigenvalue weighted by Crippen LogP contribution is -2.28. The molecular weight excluding hydrogens is 362 g/mol. The van der Waals surface area contributed by atoms with Crippen LogP contribution in [0.4, 0.5) is 17.1 Å². The lowest BCUT2D eigenvalue weighted by molar-refractivity contribution is -0.384. The molecule has 8 nitrogen and oxygen atoms in total. The van der Waals surface area contributed by atoms with Gasteiger partial charge in [0, 0.05) is 23.4 Å². The first kappa shape index (κ1) is 19.3. The molecule has 0 atom stereocenters. The number of anilines is 2. The van der Waals surface area contributed by atoms with Crippen molar-refractivity contribution in [1.82, 2.24) is 0 Å². The van der Waals surface area contributed by atoms with Gasteiger partial charge in [-0.2, -0.15) is 0 Å². The lowest BCUT2D eigenvalue weighted by Gasteiger charge is -2.19. The smallest absolute Gasteiger partial charge is 0.313 e. The standard InChI is InChI=1S/C20H21N3O5/c1-20(2,19(25)26)13-4-6-15(7-5-13)22-18(24)12-3-10-16(21-14-8-9-14)17(11-12)23(27)28/h3-7,10-11,14,21H,8-9H2,1-2H3,(H,22,24)(H,25,26). The number of nitro benzene ring substituents is 1. The van der Waals surface area contributed by atoms with Crippen molar-refractivity contribution in [1.29, 1.82) is 0 Å². The summed E-state index contributed by atoms with van der Waals surface area (Å²) in [6, 6.07) is 11.1. The van der Waals surface area contributed by atoms with Crippen LogP contribution in [0.1, 0.15) is 42.6 Å². The summed E-state index contributed by atoms with van der Waals surface area (Å²) >= 11 is 0. The average Bonchev–Trinajstić information content (AvgIpc) is 3.46. The Labute approximate surface area is 161 Å². The lowest BCUT2D eigenvalue weighted by atomic mass is 9.85. The fourth-order valence-electron chi connectivity index (χ4n) is 2.69. The molecule has 28 heavy (non-hydrogen) atoms. The number of nitro groups is 1. The topological polar surface area (TPSA) is 122 Å². The number of benzene rings is 2. The summed E-state index contributed by atoms with van der Waals surface area (Å²) in [5.74, 6) is -1.43. The Morgan fingerprint density at radius 3 is 2.32 bits per heavy atom. The van der Waals surface area contributed by atoms with Crippen molar-refractivity contribution < 1.29 is 19.6 Å². The third kappa shape index (κ3) is 4.11. The number of nitrogens with one attached hydrogen (secondary N) is 2. The zero-order valence-electron chi connectivity index (χ0n) is 15.6. The Hall–Kier alpha value is -3.42. The maximum Gasteiger partial charge on any atom is 0.313 e. The van der Waals surface area contributed by atoms with E-state index in [2.05, 4.69) is 10.6 Å². The number of rotatable bonds is 7. The summed E-state index contributed by atoms with van der Waals surface area (Å²) in [7, 11) is 0. The molecule has 0 heterocycles. The Balaban J connectivity index is 1.76. The Bertz CT molecular complexity index is 933. The summed E-state index contributed by atoms with van der Waals surface area (Å²) in [6.07, 6.45) is 1.96. The van der Waals surface area contributed by atoms with E-state index in [1.807, 2.05) is 0 Å². The molecule has 1 aliphatic rings. The highest BCUT2D eigenvalue weighted by Crippen LogP contribution is 2.32. The zero-order chi connectivity index (χ0) is 20.5. The number of hydrogen-bond acceptors (Lipinski definition) is 5. The number of carboxylic acid groups (broad SMARTS) is 1. The highest BCUT2D eigenvalue weighted by atomic mass is 16.6. The van der Waals surface area contributed by atoms with Crippen LogP contribution in [-0.2, 0) is 10.2 Å². The minimum Gasteiger partial charge on any atom is -0.481 e. The minimum atomic E-state index is -1.05. The van der Waals surface area contributed by atoms with Gasteiger partial charge in [0.05, 0.1) is 10.3 Å². The maximum atomic E-state index is 12.5. The third-order valence-corrected chi connectivity index (χ3v) is 4.79. The van der Waals surface area contributed by atoms with Crippen LogP contribution in [0.5, 0.6) is 0 Å². The predicted octanol–water partition coefficient (Wildman–Crippen LogP) is 3.78. The summed E-state index contributed by atoms with van der Waals surface area (Å²) < 4.78 is 0. The van der Waals surface area contributed by atoms with Gasteiger partial charge in [0.15, 0.2) is 0 Å². The van der Waals surface area contributed by atoms with Gasteiger partial charge in [-0.15, -0.1) is 0 Å². The van der Waals surface area contributed by atoms with Gasteiger partial charge < -0.3 is 15.7 Å². The molecule has 3 N–H and O–H groups in total.